The van der Waals surface area contributed by atoms with Crippen LogP contribution in [-0.2, 0) is 18.4 Å². The highest BCUT2D eigenvalue weighted by Gasteiger charge is 2.16. The number of anilines is 2. The van der Waals surface area contributed by atoms with Crippen molar-refractivity contribution in [1.82, 2.24) is 14.5 Å². The molecule has 3 N–H and O–H groups in total. The number of carbonyl (C=O) groups is 2. The number of amides is 3. The van der Waals surface area contributed by atoms with Gasteiger partial charge in [-0.1, -0.05) is 0 Å². The molecule has 8 nitrogen and oxygen atoms in total. The summed E-state index contributed by atoms with van der Waals surface area (Å²) in [7, 11) is 1.80. The Morgan fingerprint density at radius 3 is 2.72 bits per heavy atom. The number of hydrogen-bond acceptors (Lipinski definition) is 4. The van der Waals surface area contributed by atoms with Crippen LogP contribution in [0.3, 0.4) is 0 Å². The fraction of sp³-hybridized carbons (Fsp3) is 0.312. The van der Waals surface area contributed by atoms with Gasteiger partial charge in [0.25, 0.3) is 0 Å². The lowest BCUT2D eigenvalue weighted by Crippen LogP contribution is -2.37. The van der Waals surface area contributed by atoms with E-state index in [4.69, 9.17) is 0 Å². The fourth-order valence-electron chi connectivity index (χ4n) is 2.18. The van der Waals surface area contributed by atoms with Gasteiger partial charge in [-0.05, 0) is 18.2 Å². The highest BCUT2D eigenvalue weighted by molar-refractivity contribution is 5.92. The van der Waals surface area contributed by atoms with Crippen molar-refractivity contribution in [3.63, 3.8) is 0 Å². The summed E-state index contributed by atoms with van der Waals surface area (Å²) in [6.45, 7) is 1.37. The molecule has 0 atom stereocenters. The van der Waals surface area contributed by atoms with E-state index in [1.165, 1.54) is 24.0 Å². The van der Waals surface area contributed by atoms with Crippen LogP contribution in [0, 0.1) is 5.82 Å². The molecule has 3 amide bonds. The van der Waals surface area contributed by atoms with Crippen LogP contribution in [0.25, 0.3) is 0 Å². The Balaban J connectivity index is 2.12. The summed E-state index contributed by atoms with van der Waals surface area (Å²) < 4.78 is 15.4. The molecule has 2 rings (SSSR count). The number of aromatic nitrogens is 2. The van der Waals surface area contributed by atoms with Crippen molar-refractivity contribution < 1.29 is 19.1 Å². The second kappa shape index (κ2) is 8.25. The number of halogens is 1. The summed E-state index contributed by atoms with van der Waals surface area (Å²) >= 11 is 0. The van der Waals surface area contributed by atoms with Crippen LogP contribution in [0.15, 0.2) is 30.6 Å². The molecule has 0 aliphatic rings. The maximum Gasteiger partial charge on any atom is 0.322 e. The number of aryl methyl sites for hydroxylation is 1. The van der Waals surface area contributed by atoms with Crippen molar-refractivity contribution in [2.24, 2.45) is 7.05 Å². The van der Waals surface area contributed by atoms with Gasteiger partial charge in [0.15, 0.2) is 0 Å². The van der Waals surface area contributed by atoms with Crippen molar-refractivity contribution in [3.8, 4) is 0 Å². The topological polar surface area (TPSA) is 99.5 Å². The molecule has 0 unspecified atom stereocenters. The van der Waals surface area contributed by atoms with Gasteiger partial charge in [-0.25, -0.2) is 14.2 Å². The van der Waals surface area contributed by atoms with E-state index in [9.17, 15) is 19.1 Å². The minimum Gasteiger partial charge on any atom is -0.395 e. The van der Waals surface area contributed by atoms with Gasteiger partial charge in [-0.2, -0.15) is 0 Å². The molecule has 0 fully saturated rings. The second-order valence-corrected chi connectivity index (χ2v) is 5.41. The lowest BCUT2D eigenvalue weighted by molar-refractivity contribution is -0.114. The monoisotopic (exact) mass is 349 g/mol. The quantitative estimate of drug-likeness (QED) is 0.737. The molecule has 0 bridgehead atoms. The number of nitrogens with zero attached hydrogens (tertiary/aromatic N) is 3. The summed E-state index contributed by atoms with van der Waals surface area (Å²) in [6, 6.07) is 3.39. The third-order valence-corrected chi connectivity index (χ3v) is 3.44. The Kier molecular flexibility index (Phi) is 6.07. The number of carbonyl (C=O) groups excluding carboxylic acids is 2. The first-order valence-corrected chi connectivity index (χ1v) is 7.61. The predicted octanol–water partition coefficient (Wildman–Crippen LogP) is 1.54. The van der Waals surface area contributed by atoms with E-state index in [0.29, 0.717) is 11.5 Å². The standard InChI is InChI=1S/C16H20FN5O3/c1-11(24)19-14-9-12(3-4-13(14)17)20-16(25)22(7-8-23)10-15-18-5-6-21(15)2/h3-6,9,23H,7-8,10H2,1-2H3,(H,19,24)(H,20,25). The molecule has 0 radical (unpaired) electrons. The van der Waals surface area contributed by atoms with E-state index in [-0.39, 0.29) is 25.4 Å². The van der Waals surface area contributed by atoms with E-state index >= 15 is 0 Å². The number of nitrogens with one attached hydrogen (secondary N) is 2. The number of benzene rings is 1. The van der Waals surface area contributed by atoms with Crippen molar-refractivity contribution in [2.45, 2.75) is 13.5 Å². The van der Waals surface area contributed by atoms with E-state index in [0.717, 1.165) is 6.07 Å². The van der Waals surface area contributed by atoms with Crippen LogP contribution < -0.4 is 10.6 Å². The van der Waals surface area contributed by atoms with Crippen LogP contribution in [-0.4, -0.2) is 44.6 Å². The van der Waals surface area contributed by atoms with Gasteiger partial charge in [0.2, 0.25) is 5.91 Å². The molecule has 1 aromatic heterocycles. The molecule has 0 aliphatic heterocycles. The Bertz CT molecular complexity index is 762. The first-order valence-electron chi connectivity index (χ1n) is 7.61. The van der Waals surface area contributed by atoms with Crippen molar-refractivity contribution >= 4 is 23.3 Å². The van der Waals surface area contributed by atoms with Gasteiger partial charge in [0.1, 0.15) is 11.6 Å². The van der Waals surface area contributed by atoms with E-state index in [2.05, 4.69) is 15.6 Å². The largest absolute Gasteiger partial charge is 0.395 e. The van der Waals surface area contributed by atoms with Crippen LogP contribution in [0.5, 0.6) is 0 Å². The Morgan fingerprint density at radius 2 is 2.12 bits per heavy atom. The van der Waals surface area contributed by atoms with Crippen molar-refractivity contribution in [1.29, 1.82) is 0 Å². The Morgan fingerprint density at radius 1 is 1.36 bits per heavy atom. The van der Waals surface area contributed by atoms with Gasteiger partial charge in [-0.15, -0.1) is 0 Å². The van der Waals surface area contributed by atoms with E-state index in [1.54, 1.807) is 24.0 Å². The highest BCUT2D eigenvalue weighted by Crippen LogP contribution is 2.20. The smallest absolute Gasteiger partial charge is 0.322 e. The first-order chi connectivity index (χ1) is 11.9. The summed E-state index contributed by atoms with van der Waals surface area (Å²) in [4.78, 5) is 29.1. The minimum absolute atomic E-state index is 0.0249. The molecule has 2 aromatic rings. The Hall–Kier alpha value is -2.94. The molecule has 0 saturated carbocycles. The first kappa shape index (κ1) is 18.4. The molecule has 0 aliphatic carbocycles. The van der Waals surface area contributed by atoms with Crippen LogP contribution >= 0.6 is 0 Å². The number of aliphatic hydroxyl groups is 1. The molecule has 25 heavy (non-hydrogen) atoms. The summed E-state index contributed by atoms with van der Waals surface area (Å²) in [5.41, 5.74) is 0.293. The van der Waals surface area contributed by atoms with Crippen molar-refractivity contribution in [3.05, 3.63) is 42.2 Å². The summed E-state index contributed by atoms with van der Waals surface area (Å²) in [5, 5.41) is 14.2. The third kappa shape index (κ3) is 5.01. The second-order valence-electron chi connectivity index (χ2n) is 5.41. The normalized spacial score (nSPS) is 10.4. The van der Waals surface area contributed by atoms with E-state index < -0.39 is 17.8 Å². The lowest BCUT2D eigenvalue weighted by atomic mass is 10.2. The zero-order chi connectivity index (χ0) is 18.4. The van der Waals surface area contributed by atoms with Crippen LogP contribution in [0.2, 0.25) is 0 Å². The molecular weight excluding hydrogens is 329 g/mol. The maximum atomic E-state index is 13.7. The number of aliphatic hydroxyl groups excluding tert-OH is 1. The van der Waals surface area contributed by atoms with Gasteiger partial charge in [0.05, 0.1) is 18.8 Å². The lowest BCUT2D eigenvalue weighted by Gasteiger charge is -2.22. The summed E-state index contributed by atoms with van der Waals surface area (Å²) in [6.07, 6.45) is 3.37. The fourth-order valence-corrected chi connectivity index (χ4v) is 2.18. The molecule has 1 heterocycles. The van der Waals surface area contributed by atoms with Crippen molar-refractivity contribution in [2.75, 3.05) is 23.8 Å². The van der Waals surface area contributed by atoms with Crippen LogP contribution in [0.4, 0.5) is 20.6 Å². The molecular formula is C16H20FN5O3. The Labute approximate surface area is 144 Å². The summed E-state index contributed by atoms with van der Waals surface area (Å²) in [5.74, 6) is -0.367. The SMILES string of the molecule is CC(=O)Nc1cc(NC(=O)N(CCO)Cc2nccn2C)ccc1F. The van der Waals surface area contributed by atoms with E-state index in [1.807, 2.05) is 0 Å². The average Bonchev–Trinajstić information content (AvgIpc) is 2.95. The number of urea groups is 1. The molecule has 9 heteroatoms. The molecule has 1 aromatic carbocycles. The predicted molar refractivity (Wildman–Crippen MR) is 90.4 cm³/mol. The minimum atomic E-state index is -0.603. The number of rotatable bonds is 6. The maximum absolute atomic E-state index is 13.7. The zero-order valence-electron chi connectivity index (χ0n) is 14.0. The average molecular weight is 349 g/mol. The van der Waals surface area contributed by atoms with Gasteiger partial charge < -0.3 is 25.2 Å². The number of hydrogen-bond donors (Lipinski definition) is 3. The van der Waals surface area contributed by atoms with Gasteiger partial charge >= 0.3 is 6.03 Å². The zero-order valence-corrected chi connectivity index (χ0v) is 14.0. The van der Waals surface area contributed by atoms with Crippen LogP contribution in [0.1, 0.15) is 12.7 Å². The van der Waals surface area contributed by atoms with Gasteiger partial charge in [0, 0.05) is 38.6 Å². The third-order valence-electron chi connectivity index (χ3n) is 3.44. The number of imidazole rings is 1. The molecule has 0 saturated heterocycles. The molecule has 0 spiro atoms. The van der Waals surface area contributed by atoms with Gasteiger partial charge in [-0.3, -0.25) is 4.79 Å². The molecule has 134 valence electrons. The highest BCUT2D eigenvalue weighted by atomic mass is 19.1.